The van der Waals surface area contributed by atoms with Crippen molar-refractivity contribution in [3.05, 3.63) is 29.3 Å². The smallest absolute Gasteiger partial charge is 0.254 e. The van der Waals surface area contributed by atoms with Gasteiger partial charge in [-0.25, -0.2) is 0 Å². The van der Waals surface area contributed by atoms with Gasteiger partial charge >= 0.3 is 0 Å². The summed E-state index contributed by atoms with van der Waals surface area (Å²) in [6.07, 6.45) is 0. The van der Waals surface area contributed by atoms with Crippen molar-refractivity contribution >= 4 is 11.6 Å². The number of nitrogens with one attached hydrogen (secondary N) is 1. The lowest BCUT2D eigenvalue weighted by Crippen LogP contribution is -2.36. The van der Waals surface area contributed by atoms with Crippen LogP contribution in [-0.4, -0.2) is 55.9 Å². The highest BCUT2D eigenvalue weighted by Crippen LogP contribution is 2.17. The highest BCUT2D eigenvalue weighted by molar-refractivity contribution is 5.95. The molecule has 0 aliphatic carbocycles. The van der Waals surface area contributed by atoms with Crippen LogP contribution in [0.15, 0.2) is 18.2 Å². The molecule has 2 N–H and O–H groups in total. The van der Waals surface area contributed by atoms with Crippen LogP contribution in [0.4, 0.5) is 5.69 Å². The van der Waals surface area contributed by atoms with E-state index in [4.69, 9.17) is 9.84 Å². The topological polar surface area (TPSA) is 61.8 Å². The van der Waals surface area contributed by atoms with Gasteiger partial charge in [-0.2, -0.15) is 0 Å². The molecule has 0 saturated heterocycles. The molecule has 20 heavy (non-hydrogen) atoms. The summed E-state index contributed by atoms with van der Waals surface area (Å²) in [7, 11) is 1.59. The molecule has 1 aromatic rings. The van der Waals surface area contributed by atoms with Crippen molar-refractivity contribution in [3.8, 4) is 0 Å². The fourth-order valence-electron chi connectivity index (χ4n) is 2.01. The summed E-state index contributed by atoms with van der Waals surface area (Å²) in [5.41, 5.74) is 2.71. The van der Waals surface area contributed by atoms with Crippen molar-refractivity contribution < 1.29 is 14.6 Å². The van der Waals surface area contributed by atoms with Gasteiger partial charge in [0.05, 0.1) is 13.2 Å². The second kappa shape index (κ2) is 8.55. The van der Waals surface area contributed by atoms with E-state index in [9.17, 15) is 4.79 Å². The number of aryl methyl sites for hydroxylation is 1. The normalized spacial score (nSPS) is 10.4. The van der Waals surface area contributed by atoms with Gasteiger partial charge in [0, 0.05) is 38.0 Å². The summed E-state index contributed by atoms with van der Waals surface area (Å²) < 4.78 is 4.99. The van der Waals surface area contributed by atoms with E-state index in [0.717, 1.165) is 17.8 Å². The van der Waals surface area contributed by atoms with Gasteiger partial charge in [0.25, 0.3) is 5.91 Å². The van der Waals surface area contributed by atoms with Gasteiger partial charge in [0.1, 0.15) is 0 Å². The first-order valence-corrected chi connectivity index (χ1v) is 6.87. The Balaban J connectivity index is 2.85. The van der Waals surface area contributed by atoms with Crippen LogP contribution in [0.25, 0.3) is 0 Å². The molecular weight excluding hydrogens is 256 g/mol. The summed E-state index contributed by atoms with van der Waals surface area (Å²) in [6.45, 7) is 6.05. The van der Waals surface area contributed by atoms with Crippen LogP contribution in [-0.2, 0) is 4.74 Å². The number of aliphatic hydroxyl groups is 1. The van der Waals surface area contributed by atoms with E-state index in [1.807, 2.05) is 32.0 Å². The van der Waals surface area contributed by atoms with Crippen LogP contribution in [0.1, 0.15) is 22.8 Å². The number of carbonyl (C=O) groups excluding carboxylic acids is 1. The minimum absolute atomic E-state index is 0.0517. The molecule has 1 rings (SSSR count). The number of amides is 1. The molecule has 5 heteroatoms. The number of ether oxygens (including phenoxy) is 1. The standard InChI is InChI=1S/C15H24N2O3/c1-4-16-14-6-5-13(11-12(14)2)15(19)17(7-9-18)8-10-20-3/h5-6,11,16,18H,4,7-10H2,1-3H3. The minimum atomic E-state index is -0.0813. The number of anilines is 1. The van der Waals surface area contributed by atoms with E-state index in [-0.39, 0.29) is 12.5 Å². The lowest BCUT2D eigenvalue weighted by Gasteiger charge is -2.22. The molecule has 0 aromatic heterocycles. The SMILES string of the molecule is CCNc1ccc(C(=O)N(CCO)CCOC)cc1C. The number of benzene rings is 1. The average molecular weight is 280 g/mol. The Morgan fingerprint density at radius 2 is 2.15 bits per heavy atom. The Kier molecular flexibility index (Phi) is 7.04. The molecule has 0 fully saturated rings. The van der Waals surface area contributed by atoms with Crippen molar-refractivity contribution in [1.29, 1.82) is 0 Å². The second-order valence-electron chi connectivity index (χ2n) is 4.57. The maximum Gasteiger partial charge on any atom is 0.254 e. The zero-order valence-corrected chi connectivity index (χ0v) is 12.5. The van der Waals surface area contributed by atoms with Gasteiger partial charge in [0.15, 0.2) is 0 Å². The predicted molar refractivity (Wildman–Crippen MR) is 80.2 cm³/mol. The van der Waals surface area contributed by atoms with E-state index >= 15 is 0 Å². The molecule has 0 atom stereocenters. The molecule has 0 bridgehead atoms. The van der Waals surface area contributed by atoms with Gasteiger partial charge in [0.2, 0.25) is 0 Å². The van der Waals surface area contributed by atoms with Crippen LogP contribution in [0.3, 0.4) is 0 Å². The highest BCUT2D eigenvalue weighted by atomic mass is 16.5. The number of nitrogens with zero attached hydrogens (tertiary/aromatic N) is 1. The van der Waals surface area contributed by atoms with Crippen LogP contribution in [0.2, 0.25) is 0 Å². The monoisotopic (exact) mass is 280 g/mol. The third-order valence-corrected chi connectivity index (χ3v) is 3.06. The van der Waals surface area contributed by atoms with Gasteiger partial charge in [-0.3, -0.25) is 4.79 Å². The zero-order valence-electron chi connectivity index (χ0n) is 12.5. The van der Waals surface area contributed by atoms with Gasteiger partial charge in [-0.15, -0.1) is 0 Å². The van der Waals surface area contributed by atoms with E-state index in [1.165, 1.54) is 0 Å². The van der Waals surface area contributed by atoms with E-state index in [1.54, 1.807) is 12.0 Å². The summed E-state index contributed by atoms with van der Waals surface area (Å²) in [5.74, 6) is -0.0813. The molecule has 0 aliphatic rings. The maximum absolute atomic E-state index is 12.4. The van der Waals surface area contributed by atoms with Crippen molar-refractivity contribution in [2.45, 2.75) is 13.8 Å². The molecule has 0 radical (unpaired) electrons. The molecule has 5 nitrogen and oxygen atoms in total. The molecule has 0 saturated carbocycles. The Bertz CT molecular complexity index is 435. The molecule has 0 heterocycles. The Morgan fingerprint density at radius 1 is 1.40 bits per heavy atom. The van der Waals surface area contributed by atoms with Crippen LogP contribution >= 0.6 is 0 Å². The highest BCUT2D eigenvalue weighted by Gasteiger charge is 2.15. The van der Waals surface area contributed by atoms with E-state index in [0.29, 0.717) is 25.3 Å². The third-order valence-electron chi connectivity index (χ3n) is 3.06. The maximum atomic E-state index is 12.4. The quantitative estimate of drug-likeness (QED) is 0.757. The summed E-state index contributed by atoms with van der Waals surface area (Å²) >= 11 is 0. The third kappa shape index (κ3) is 4.51. The molecule has 0 unspecified atom stereocenters. The largest absolute Gasteiger partial charge is 0.395 e. The lowest BCUT2D eigenvalue weighted by atomic mass is 10.1. The van der Waals surface area contributed by atoms with E-state index < -0.39 is 0 Å². The van der Waals surface area contributed by atoms with Crippen molar-refractivity contribution in [1.82, 2.24) is 4.90 Å². The first kappa shape index (κ1) is 16.5. The second-order valence-corrected chi connectivity index (χ2v) is 4.57. The van der Waals surface area contributed by atoms with E-state index in [2.05, 4.69) is 5.32 Å². The molecule has 0 spiro atoms. The van der Waals surface area contributed by atoms with Crippen molar-refractivity contribution in [3.63, 3.8) is 0 Å². The van der Waals surface area contributed by atoms with Gasteiger partial charge < -0.3 is 20.1 Å². The fraction of sp³-hybridized carbons (Fsp3) is 0.533. The average Bonchev–Trinajstić information content (AvgIpc) is 2.45. The molecular formula is C15H24N2O3. The van der Waals surface area contributed by atoms with Crippen molar-refractivity contribution in [2.75, 3.05) is 45.3 Å². The van der Waals surface area contributed by atoms with Crippen molar-refractivity contribution in [2.24, 2.45) is 0 Å². The number of methoxy groups -OCH3 is 1. The van der Waals surface area contributed by atoms with Gasteiger partial charge in [-0.1, -0.05) is 0 Å². The Morgan fingerprint density at radius 3 is 2.70 bits per heavy atom. The summed E-state index contributed by atoms with van der Waals surface area (Å²) in [4.78, 5) is 14.0. The number of rotatable bonds is 8. The number of hydrogen-bond acceptors (Lipinski definition) is 4. The van der Waals surface area contributed by atoms with Crippen LogP contribution in [0.5, 0.6) is 0 Å². The fourth-order valence-corrected chi connectivity index (χ4v) is 2.01. The van der Waals surface area contributed by atoms with Gasteiger partial charge in [-0.05, 0) is 37.6 Å². The van der Waals surface area contributed by atoms with Crippen LogP contribution < -0.4 is 5.32 Å². The zero-order chi connectivity index (χ0) is 15.0. The number of aliphatic hydroxyl groups excluding tert-OH is 1. The Labute approximate surface area is 120 Å². The first-order valence-electron chi connectivity index (χ1n) is 6.87. The molecule has 112 valence electrons. The Hall–Kier alpha value is -1.59. The lowest BCUT2D eigenvalue weighted by molar-refractivity contribution is 0.0656. The predicted octanol–water partition coefficient (Wildman–Crippen LogP) is 1.51. The molecule has 1 amide bonds. The molecule has 1 aromatic carbocycles. The van der Waals surface area contributed by atoms with Crippen LogP contribution in [0, 0.1) is 6.92 Å². The first-order chi connectivity index (χ1) is 9.63. The summed E-state index contributed by atoms with van der Waals surface area (Å²) in [5, 5.41) is 12.3. The minimum Gasteiger partial charge on any atom is -0.395 e. The summed E-state index contributed by atoms with van der Waals surface area (Å²) in [6, 6.07) is 5.60. The number of hydrogen-bond donors (Lipinski definition) is 2. The number of carbonyl (C=O) groups is 1. The molecule has 0 aliphatic heterocycles.